The van der Waals surface area contributed by atoms with E-state index in [1.54, 1.807) is 6.20 Å². The molecular formula is C18H21F3N4O. The van der Waals surface area contributed by atoms with Gasteiger partial charge in [0.25, 0.3) is 0 Å². The quantitative estimate of drug-likeness (QED) is 0.884. The molecule has 0 radical (unpaired) electrons. The minimum absolute atomic E-state index is 0.210. The lowest BCUT2D eigenvalue weighted by molar-refractivity contribution is -0.137. The number of hydrogen-bond donors (Lipinski definition) is 1. The first kappa shape index (κ1) is 18.4. The Labute approximate surface area is 149 Å². The first-order chi connectivity index (χ1) is 12.4. The number of hydrogen-bond acceptors (Lipinski definition) is 3. The maximum absolute atomic E-state index is 12.5. The van der Waals surface area contributed by atoms with E-state index in [1.807, 2.05) is 12.5 Å². The van der Waals surface area contributed by atoms with Crippen LogP contribution in [0.2, 0.25) is 0 Å². The van der Waals surface area contributed by atoms with Crippen molar-refractivity contribution in [3.05, 3.63) is 48.5 Å². The van der Waals surface area contributed by atoms with Crippen LogP contribution >= 0.6 is 0 Å². The summed E-state index contributed by atoms with van der Waals surface area (Å²) in [4.78, 5) is 18.2. The van der Waals surface area contributed by atoms with Crippen LogP contribution in [0, 0.1) is 5.92 Å². The molecule has 5 nitrogen and oxygen atoms in total. The van der Waals surface area contributed by atoms with Crippen molar-refractivity contribution in [2.24, 2.45) is 5.92 Å². The van der Waals surface area contributed by atoms with Crippen molar-refractivity contribution in [3.8, 4) is 0 Å². The second-order valence-corrected chi connectivity index (χ2v) is 6.60. The molecule has 0 bridgehead atoms. The molecule has 0 saturated carbocycles. The summed E-state index contributed by atoms with van der Waals surface area (Å²) < 4.78 is 39.7. The molecule has 8 heteroatoms. The van der Waals surface area contributed by atoms with E-state index in [4.69, 9.17) is 0 Å². The number of halogens is 3. The van der Waals surface area contributed by atoms with Crippen molar-refractivity contribution >= 4 is 11.6 Å². The van der Waals surface area contributed by atoms with Gasteiger partial charge in [-0.3, -0.25) is 9.69 Å². The highest BCUT2D eigenvalue weighted by Gasteiger charge is 2.30. The number of anilines is 1. The van der Waals surface area contributed by atoms with Gasteiger partial charge >= 0.3 is 6.18 Å². The number of rotatable bonds is 5. The maximum atomic E-state index is 12.5. The van der Waals surface area contributed by atoms with E-state index >= 15 is 0 Å². The number of likely N-dealkylation sites (tertiary alicyclic amines) is 1. The van der Waals surface area contributed by atoms with Crippen LogP contribution in [0.25, 0.3) is 0 Å². The summed E-state index contributed by atoms with van der Waals surface area (Å²) in [6.07, 6.45) is 3.16. The Kier molecular flexibility index (Phi) is 5.61. The first-order valence-electron chi connectivity index (χ1n) is 8.55. The zero-order valence-corrected chi connectivity index (χ0v) is 14.2. The van der Waals surface area contributed by atoms with E-state index in [-0.39, 0.29) is 12.5 Å². The van der Waals surface area contributed by atoms with Gasteiger partial charge in [0.2, 0.25) is 5.91 Å². The molecule has 1 aromatic heterocycles. The molecule has 1 aliphatic rings. The van der Waals surface area contributed by atoms with E-state index in [0.717, 1.165) is 44.6 Å². The number of carbonyl (C=O) groups is 1. The standard InChI is InChI=1S/C18H21F3N4O/c19-18(20,21)15-1-3-16(4-2-15)23-17(26)12-24-8-5-14(6-9-24)11-25-10-7-22-13-25/h1-4,7,10,13-14H,5-6,8-9,11-12H2,(H,23,26). The Morgan fingerprint density at radius 3 is 2.46 bits per heavy atom. The molecular weight excluding hydrogens is 345 g/mol. The number of carbonyl (C=O) groups excluding carboxylic acids is 1. The lowest BCUT2D eigenvalue weighted by atomic mass is 9.97. The molecule has 0 aliphatic carbocycles. The van der Waals surface area contributed by atoms with Crippen molar-refractivity contribution in [3.63, 3.8) is 0 Å². The number of amides is 1. The largest absolute Gasteiger partial charge is 0.416 e. The second-order valence-electron chi connectivity index (χ2n) is 6.60. The molecule has 0 atom stereocenters. The lowest BCUT2D eigenvalue weighted by Gasteiger charge is -2.31. The summed E-state index contributed by atoms with van der Waals surface area (Å²) in [5, 5.41) is 2.66. The number of aromatic nitrogens is 2. The smallest absolute Gasteiger partial charge is 0.337 e. The van der Waals surface area contributed by atoms with E-state index < -0.39 is 11.7 Å². The fourth-order valence-electron chi connectivity index (χ4n) is 3.17. The van der Waals surface area contributed by atoms with Crippen molar-refractivity contribution in [2.75, 3.05) is 25.0 Å². The molecule has 0 spiro atoms. The van der Waals surface area contributed by atoms with Gasteiger partial charge in [0.15, 0.2) is 0 Å². The SMILES string of the molecule is O=C(CN1CCC(Cn2ccnc2)CC1)Nc1ccc(C(F)(F)F)cc1. The average Bonchev–Trinajstić information content (AvgIpc) is 3.09. The van der Waals surface area contributed by atoms with E-state index in [9.17, 15) is 18.0 Å². The molecule has 2 heterocycles. The minimum Gasteiger partial charge on any atom is -0.337 e. The van der Waals surface area contributed by atoms with Crippen LogP contribution in [0.4, 0.5) is 18.9 Å². The van der Waals surface area contributed by atoms with Crippen LogP contribution in [0.5, 0.6) is 0 Å². The van der Waals surface area contributed by atoms with Gasteiger partial charge in [-0.1, -0.05) is 0 Å². The third-order valence-electron chi connectivity index (χ3n) is 4.60. The van der Waals surface area contributed by atoms with Crippen LogP contribution in [0.3, 0.4) is 0 Å². The van der Waals surface area contributed by atoms with Crippen molar-refractivity contribution < 1.29 is 18.0 Å². The van der Waals surface area contributed by atoms with Gasteiger partial charge in [-0.15, -0.1) is 0 Å². The summed E-state index contributed by atoms with van der Waals surface area (Å²) in [5.74, 6) is 0.358. The van der Waals surface area contributed by atoms with Crippen molar-refractivity contribution in [2.45, 2.75) is 25.6 Å². The van der Waals surface area contributed by atoms with Gasteiger partial charge < -0.3 is 9.88 Å². The van der Waals surface area contributed by atoms with Crippen molar-refractivity contribution in [1.82, 2.24) is 14.5 Å². The molecule has 3 rings (SSSR count). The minimum atomic E-state index is -4.37. The monoisotopic (exact) mass is 366 g/mol. The third-order valence-corrected chi connectivity index (χ3v) is 4.60. The Hall–Kier alpha value is -2.35. The molecule has 1 aliphatic heterocycles. The predicted octanol–water partition coefficient (Wildman–Crippen LogP) is 3.25. The normalized spacial score (nSPS) is 16.6. The summed E-state index contributed by atoms with van der Waals surface area (Å²) in [5.41, 5.74) is -0.353. The van der Waals surface area contributed by atoms with E-state index in [0.29, 0.717) is 11.6 Å². The zero-order valence-electron chi connectivity index (χ0n) is 14.2. The van der Waals surface area contributed by atoms with Gasteiger partial charge in [0.1, 0.15) is 0 Å². The molecule has 26 heavy (non-hydrogen) atoms. The van der Waals surface area contributed by atoms with Crippen molar-refractivity contribution in [1.29, 1.82) is 0 Å². The fraction of sp³-hybridized carbons (Fsp3) is 0.444. The summed E-state index contributed by atoms with van der Waals surface area (Å²) >= 11 is 0. The molecule has 2 aromatic rings. The van der Waals surface area contributed by atoms with E-state index in [1.165, 1.54) is 12.1 Å². The Morgan fingerprint density at radius 1 is 1.19 bits per heavy atom. The zero-order chi connectivity index (χ0) is 18.6. The van der Waals surface area contributed by atoms with E-state index in [2.05, 4.69) is 19.8 Å². The van der Waals surface area contributed by atoms with Crippen LogP contribution in [-0.2, 0) is 17.5 Å². The molecule has 1 fully saturated rings. The van der Waals surface area contributed by atoms with Gasteiger partial charge in [-0.05, 0) is 56.1 Å². The lowest BCUT2D eigenvalue weighted by Crippen LogP contribution is -2.39. The van der Waals surface area contributed by atoms with Crippen LogP contribution in [0.15, 0.2) is 43.0 Å². The highest BCUT2D eigenvalue weighted by atomic mass is 19.4. The highest BCUT2D eigenvalue weighted by Crippen LogP contribution is 2.29. The molecule has 1 N–H and O–H groups in total. The Bertz CT molecular complexity index is 705. The maximum Gasteiger partial charge on any atom is 0.416 e. The predicted molar refractivity (Wildman–Crippen MR) is 91.5 cm³/mol. The Morgan fingerprint density at radius 2 is 1.88 bits per heavy atom. The first-order valence-corrected chi connectivity index (χ1v) is 8.55. The summed E-state index contributed by atoms with van der Waals surface area (Å²) in [6.45, 7) is 2.85. The highest BCUT2D eigenvalue weighted by molar-refractivity contribution is 5.92. The van der Waals surface area contributed by atoms with Crippen LogP contribution in [0.1, 0.15) is 18.4 Å². The summed E-state index contributed by atoms with van der Waals surface area (Å²) in [7, 11) is 0. The Balaban J connectivity index is 1.43. The van der Waals surface area contributed by atoms with Gasteiger partial charge in [-0.2, -0.15) is 13.2 Å². The number of nitrogens with one attached hydrogen (secondary N) is 1. The third kappa shape index (κ3) is 5.08. The average molecular weight is 366 g/mol. The molecule has 1 aromatic carbocycles. The van der Waals surface area contributed by atoms with Crippen LogP contribution < -0.4 is 5.32 Å². The van der Waals surface area contributed by atoms with Gasteiger partial charge in [-0.25, -0.2) is 4.98 Å². The van der Waals surface area contributed by atoms with Gasteiger partial charge in [0, 0.05) is 24.6 Å². The number of alkyl halides is 3. The molecule has 1 saturated heterocycles. The number of benzene rings is 1. The topological polar surface area (TPSA) is 50.2 Å². The molecule has 1 amide bonds. The van der Waals surface area contributed by atoms with Gasteiger partial charge in [0.05, 0.1) is 18.4 Å². The number of nitrogens with zero attached hydrogens (tertiary/aromatic N) is 3. The molecule has 140 valence electrons. The number of piperidine rings is 1. The number of imidazole rings is 1. The fourth-order valence-corrected chi connectivity index (χ4v) is 3.17. The van der Waals surface area contributed by atoms with Crippen LogP contribution in [-0.4, -0.2) is 40.0 Å². The second kappa shape index (κ2) is 7.90. The molecule has 0 unspecified atom stereocenters. The summed E-state index contributed by atoms with van der Waals surface area (Å²) in [6, 6.07) is 4.49.